The highest BCUT2D eigenvalue weighted by atomic mass is 79.9. The van der Waals surface area contributed by atoms with E-state index in [2.05, 4.69) is 44.9 Å². The van der Waals surface area contributed by atoms with Crippen LogP contribution in [0.5, 0.6) is 0 Å². The van der Waals surface area contributed by atoms with Crippen LogP contribution in [0, 0.1) is 17.8 Å². The summed E-state index contributed by atoms with van der Waals surface area (Å²) in [5.41, 5.74) is 15.9. The van der Waals surface area contributed by atoms with Crippen molar-refractivity contribution in [3.63, 3.8) is 0 Å². The van der Waals surface area contributed by atoms with Gasteiger partial charge < -0.3 is 16.0 Å². The van der Waals surface area contributed by atoms with Crippen LogP contribution < -0.4 is 11.5 Å². The Morgan fingerprint density at radius 3 is 2.33 bits per heavy atom. The van der Waals surface area contributed by atoms with Gasteiger partial charge >= 0.3 is 0 Å². The maximum atomic E-state index is 6.54. The van der Waals surface area contributed by atoms with Crippen LogP contribution >= 0.6 is 40.7 Å². The van der Waals surface area contributed by atoms with Crippen molar-refractivity contribution in [1.29, 1.82) is 0 Å². The molecule has 3 saturated carbocycles. The van der Waals surface area contributed by atoms with Gasteiger partial charge in [0.05, 0.1) is 0 Å². The molecule has 3 nitrogen and oxygen atoms in total. The molecule has 0 radical (unpaired) electrons. The summed E-state index contributed by atoms with van der Waals surface area (Å²) in [6, 6.07) is 7.66. The van der Waals surface area contributed by atoms with Crippen LogP contribution in [-0.4, -0.2) is 16.7 Å². The number of fused-ring (bicyclic) bond motifs is 1. The molecular formula is C27H42BrCl2N3. The molecule has 2 aromatic rings. The molecule has 33 heavy (non-hydrogen) atoms. The predicted octanol–water partition coefficient (Wildman–Crippen LogP) is 7.56. The first kappa shape index (κ1) is 27.3. The van der Waals surface area contributed by atoms with Gasteiger partial charge in [-0.15, -0.1) is 24.8 Å². The zero-order chi connectivity index (χ0) is 21.4. The first-order chi connectivity index (χ1) is 15.1. The van der Waals surface area contributed by atoms with Crippen molar-refractivity contribution in [2.24, 2.45) is 29.2 Å². The first-order valence-electron chi connectivity index (χ1n) is 12.9. The van der Waals surface area contributed by atoms with Crippen LogP contribution in [0.4, 0.5) is 0 Å². The quantitative estimate of drug-likeness (QED) is 0.406. The van der Waals surface area contributed by atoms with Crippen LogP contribution in [0.3, 0.4) is 0 Å². The lowest BCUT2D eigenvalue weighted by molar-refractivity contribution is 0.153. The van der Waals surface area contributed by atoms with Gasteiger partial charge in [0.25, 0.3) is 0 Å². The summed E-state index contributed by atoms with van der Waals surface area (Å²) in [6.07, 6.45) is 18.2. The molecule has 3 aliphatic carbocycles. The number of halogens is 3. The van der Waals surface area contributed by atoms with E-state index in [-0.39, 0.29) is 24.8 Å². The van der Waals surface area contributed by atoms with Gasteiger partial charge in [-0.2, -0.15) is 0 Å². The molecule has 3 fully saturated rings. The average molecular weight is 559 g/mol. The first-order valence-corrected chi connectivity index (χ1v) is 13.7. The van der Waals surface area contributed by atoms with E-state index < -0.39 is 0 Å². The number of hydrogen-bond donors (Lipinski definition) is 2. The number of benzene rings is 1. The van der Waals surface area contributed by atoms with Gasteiger partial charge in [-0.3, -0.25) is 0 Å². The Morgan fingerprint density at radius 2 is 1.61 bits per heavy atom. The van der Waals surface area contributed by atoms with Gasteiger partial charge in [0.1, 0.15) is 0 Å². The fraction of sp³-hybridized carbons (Fsp3) is 0.704. The molecule has 0 bridgehead atoms. The summed E-state index contributed by atoms with van der Waals surface area (Å²) in [4.78, 5) is 0. The van der Waals surface area contributed by atoms with Crippen molar-refractivity contribution >= 4 is 51.6 Å². The molecule has 3 aliphatic rings. The molecule has 4 N–H and O–H groups in total. The van der Waals surface area contributed by atoms with Gasteiger partial charge in [0, 0.05) is 40.2 Å². The van der Waals surface area contributed by atoms with Gasteiger partial charge in [0.15, 0.2) is 0 Å². The molecule has 0 aliphatic heterocycles. The fourth-order valence-corrected chi connectivity index (χ4v) is 7.45. The largest absolute Gasteiger partial charge is 0.347 e. The summed E-state index contributed by atoms with van der Waals surface area (Å²) < 4.78 is 3.79. The maximum absolute atomic E-state index is 6.54. The minimum Gasteiger partial charge on any atom is -0.347 e. The van der Waals surface area contributed by atoms with Crippen molar-refractivity contribution in [3.8, 4) is 0 Å². The predicted molar refractivity (Wildman–Crippen MR) is 149 cm³/mol. The Balaban J connectivity index is 0.00000153. The lowest BCUT2D eigenvalue weighted by atomic mass is 9.67. The van der Waals surface area contributed by atoms with Crippen molar-refractivity contribution in [2.75, 3.05) is 0 Å². The third-order valence-corrected chi connectivity index (χ3v) is 9.36. The highest BCUT2D eigenvalue weighted by Crippen LogP contribution is 2.44. The van der Waals surface area contributed by atoms with Crippen LogP contribution in [0.15, 0.2) is 28.9 Å². The lowest BCUT2D eigenvalue weighted by Crippen LogP contribution is -2.45. The molecule has 1 aromatic heterocycles. The standard InChI is InChI=1S/C27H40BrN3.2ClH/c28-21-10-13-27-24(14-21)25(17-31(27)16-18-4-2-1-3-5-18)20-8-6-19(7-9-20)23-15-22(29)11-12-26(23)30;;/h10,13-14,17-20,22-23,26H,1-9,11-12,15-16,29-30H2;2*1H. The summed E-state index contributed by atoms with van der Waals surface area (Å²) in [6.45, 7) is 1.20. The minimum atomic E-state index is 0. The van der Waals surface area contributed by atoms with E-state index in [9.17, 15) is 0 Å². The molecule has 0 spiro atoms. The SMILES string of the molecule is Cl.Cl.NC1CCC(N)C(C2CCC(c3cn(CC4CCCCC4)c4ccc(Br)cc34)CC2)C1. The Morgan fingerprint density at radius 1 is 0.879 bits per heavy atom. The third kappa shape index (κ3) is 6.12. The van der Waals surface area contributed by atoms with E-state index in [1.165, 1.54) is 79.7 Å². The van der Waals surface area contributed by atoms with Gasteiger partial charge in [-0.05, 0) is 105 Å². The van der Waals surface area contributed by atoms with Crippen molar-refractivity contribution in [3.05, 3.63) is 34.4 Å². The van der Waals surface area contributed by atoms with Crippen molar-refractivity contribution in [2.45, 2.75) is 102 Å². The Labute approximate surface area is 220 Å². The average Bonchev–Trinajstić information content (AvgIpc) is 3.13. The number of nitrogens with two attached hydrogens (primary N) is 2. The van der Waals surface area contributed by atoms with E-state index >= 15 is 0 Å². The van der Waals surface area contributed by atoms with E-state index in [4.69, 9.17) is 11.5 Å². The van der Waals surface area contributed by atoms with E-state index in [0.717, 1.165) is 31.1 Å². The summed E-state index contributed by atoms with van der Waals surface area (Å²) >= 11 is 3.74. The normalized spacial score (nSPS) is 31.1. The van der Waals surface area contributed by atoms with Crippen LogP contribution in [0.1, 0.15) is 88.5 Å². The van der Waals surface area contributed by atoms with Crippen LogP contribution in [0.25, 0.3) is 10.9 Å². The molecule has 0 amide bonds. The smallest absolute Gasteiger partial charge is 0.0484 e. The lowest BCUT2D eigenvalue weighted by Gasteiger charge is -2.41. The summed E-state index contributed by atoms with van der Waals surface area (Å²) in [5, 5.41) is 1.48. The molecule has 1 heterocycles. The highest BCUT2D eigenvalue weighted by Gasteiger charge is 2.35. The highest BCUT2D eigenvalue weighted by molar-refractivity contribution is 9.10. The molecule has 5 rings (SSSR count). The molecule has 6 heteroatoms. The van der Waals surface area contributed by atoms with Crippen LogP contribution in [0.2, 0.25) is 0 Å². The molecule has 0 saturated heterocycles. The second-order valence-electron chi connectivity index (χ2n) is 10.9. The van der Waals surface area contributed by atoms with E-state index in [0.29, 0.717) is 23.9 Å². The van der Waals surface area contributed by atoms with E-state index in [1.807, 2.05) is 0 Å². The second-order valence-corrected chi connectivity index (χ2v) is 11.8. The van der Waals surface area contributed by atoms with Gasteiger partial charge in [-0.1, -0.05) is 35.2 Å². The molecular weight excluding hydrogens is 517 g/mol. The summed E-state index contributed by atoms with van der Waals surface area (Å²) in [7, 11) is 0. The number of rotatable bonds is 4. The number of hydrogen-bond acceptors (Lipinski definition) is 2. The molecule has 186 valence electrons. The van der Waals surface area contributed by atoms with E-state index in [1.54, 1.807) is 5.56 Å². The third-order valence-electron chi connectivity index (χ3n) is 8.87. The van der Waals surface area contributed by atoms with Crippen molar-refractivity contribution < 1.29 is 0 Å². The van der Waals surface area contributed by atoms with Crippen LogP contribution in [-0.2, 0) is 6.54 Å². The number of nitrogens with zero attached hydrogens (tertiary/aromatic N) is 1. The zero-order valence-corrected chi connectivity index (χ0v) is 23.0. The topological polar surface area (TPSA) is 57.0 Å². The molecule has 1 aromatic carbocycles. The Hall–Kier alpha value is -0.260. The second kappa shape index (κ2) is 12.1. The minimum absolute atomic E-state index is 0. The Bertz CT molecular complexity index is 887. The zero-order valence-electron chi connectivity index (χ0n) is 19.8. The number of aromatic nitrogens is 1. The van der Waals surface area contributed by atoms with Gasteiger partial charge in [-0.25, -0.2) is 0 Å². The maximum Gasteiger partial charge on any atom is 0.0484 e. The van der Waals surface area contributed by atoms with Gasteiger partial charge in [0.2, 0.25) is 0 Å². The van der Waals surface area contributed by atoms with Crippen molar-refractivity contribution in [1.82, 2.24) is 4.57 Å². The monoisotopic (exact) mass is 557 g/mol. The molecule has 3 unspecified atom stereocenters. The fourth-order valence-electron chi connectivity index (χ4n) is 7.08. The summed E-state index contributed by atoms with van der Waals surface area (Å²) in [5.74, 6) is 2.97. The Kier molecular flexibility index (Phi) is 10.0. The molecule has 3 atom stereocenters.